The van der Waals surface area contributed by atoms with Gasteiger partial charge in [-0.25, -0.2) is 8.78 Å². The van der Waals surface area contributed by atoms with Crippen LogP contribution in [0.25, 0.3) is 0 Å². The van der Waals surface area contributed by atoms with E-state index in [1.807, 2.05) is 13.8 Å². The lowest BCUT2D eigenvalue weighted by Gasteiger charge is -2.13. The zero-order valence-electron chi connectivity index (χ0n) is 11.5. The molecule has 1 aromatic carbocycles. The molecule has 1 aliphatic carbocycles. The van der Waals surface area contributed by atoms with Gasteiger partial charge in [-0.2, -0.15) is 0 Å². The van der Waals surface area contributed by atoms with Crippen LogP contribution in [-0.2, 0) is 6.54 Å². The first-order chi connectivity index (χ1) is 9.06. The summed E-state index contributed by atoms with van der Waals surface area (Å²) in [6, 6.07) is 3.21. The fourth-order valence-corrected chi connectivity index (χ4v) is 3.57. The quantitative estimate of drug-likeness (QED) is 0.855. The van der Waals surface area contributed by atoms with Crippen LogP contribution in [0.2, 0.25) is 0 Å². The minimum absolute atomic E-state index is 0.195. The number of thioether (sulfide) groups is 1. The van der Waals surface area contributed by atoms with E-state index in [9.17, 15) is 8.78 Å². The van der Waals surface area contributed by atoms with Crippen molar-refractivity contribution in [2.75, 3.05) is 0 Å². The molecule has 0 saturated heterocycles. The Morgan fingerprint density at radius 1 is 1.21 bits per heavy atom. The molecule has 1 aliphatic rings. The van der Waals surface area contributed by atoms with Gasteiger partial charge in [0.2, 0.25) is 0 Å². The van der Waals surface area contributed by atoms with Gasteiger partial charge in [0.25, 0.3) is 0 Å². The molecule has 1 N–H and O–H groups in total. The second kappa shape index (κ2) is 6.71. The normalized spacial score (nSPS) is 16.5. The van der Waals surface area contributed by atoms with Gasteiger partial charge >= 0.3 is 0 Å². The lowest BCUT2D eigenvalue weighted by Crippen LogP contribution is -2.22. The first-order valence-corrected chi connectivity index (χ1v) is 7.82. The fraction of sp³-hybridized carbons (Fsp3) is 0.600. The van der Waals surface area contributed by atoms with E-state index in [0.717, 1.165) is 12.8 Å². The van der Waals surface area contributed by atoms with Crippen molar-refractivity contribution in [3.8, 4) is 0 Å². The zero-order chi connectivity index (χ0) is 13.8. The summed E-state index contributed by atoms with van der Waals surface area (Å²) in [5, 5.41) is 3.55. The van der Waals surface area contributed by atoms with Gasteiger partial charge in [0.1, 0.15) is 11.6 Å². The fourth-order valence-electron chi connectivity index (χ4n) is 2.32. The molecule has 0 aliphatic heterocycles. The number of benzene rings is 1. The van der Waals surface area contributed by atoms with Crippen LogP contribution in [0.5, 0.6) is 0 Å². The minimum Gasteiger partial charge on any atom is -0.310 e. The summed E-state index contributed by atoms with van der Waals surface area (Å²) in [7, 11) is 0. The Kier molecular flexibility index (Phi) is 5.22. The highest BCUT2D eigenvalue weighted by Crippen LogP contribution is 2.37. The van der Waals surface area contributed by atoms with Crippen molar-refractivity contribution in [3.05, 3.63) is 29.3 Å². The lowest BCUT2D eigenvalue weighted by atomic mass is 10.2. The molecule has 1 fully saturated rings. The van der Waals surface area contributed by atoms with Gasteiger partial charge in [-0.1, -0.05) is 26.7 Å². The molecule has 1 aromatic rings. The molecule has 2 rings (SSSR count). The van der Waals surface area contributed by atoms with E-state index >= 15 is 0 Å². The molecule has 1 nitrogen and oxygen atoms in total. The standard InChI is InChI=1S/C15H21F2NS/c1-10(2)18-9-11-7-13(16)15(14(17)8-11)19-12-5-3-4-6-12/h7-8,10,12,18H,3-6,9H2,1-2H3. The molecule has 0 aromatic heterocycles. The third-order valence-electron chi connectivity index (χ3n) is 3.36. The van der Waals surface area contributed by atoms with Crippen LogP contribution in [0.1, 0.15) is 45.1 Å². The minimum atomic E-state index is -0.419. The Hall–Kier alpha value is -0.610. The molecule has 0 spiro atoms. The Bertz CT molecular complexity index is 405. The van der Waals surface area contributed by atoms with Crippen LogP contribution < -0.4 is 5.32 Å². The number of hydrogen-bond acceptors (Lipinski definition) is 2. The third kappa shape index (κ3) is 4.18. The summed E-state index contributed by atoms with van der Waals surface area (Å²) in [5.41, 5.74) is 0.666. The van der Waals surface area contributed by atoms with Crippen molar-refractivity contribution in [2.24, 2.45) is 0 Å². The summed E-state index contributed by atoms with van der Waals surface area (Å²) >= 11 is 1.37. The second-order valence-electron chi connectivity index (χ2n) is 5.45. The van der Waals surface area contributed by atoms with Gasteiger partial charge < -0.3 is 5.32 Å². The predicted molar refractivity (Wildman–Crippen MR) is 76.4 cm³/mol. The molecule has 0 bridgehead atoms. The maximum atomic E-state index is 14.0. The van der Waals surface area contributed by atoms with Crippen LogP contribution in [0.4, 0.5) is 8.78 Å². The second-order valence-corrected chi connectivity index (χ2v) is 6.76. The van der Waals surface area contributed by atoms with Gasteiger partial charge in [-0.05, 0) is 30.5 Å². The van der Waals surface area contributed by atoms with E-state index in [4.69, 9.17) is 0 Å². The van der Waals surface area contributed by atoms with Crippen molar-refractivity contribution in [1.29, 1.82) is 0 Å². The number of nitrogens with one attached hydrogen (secondary N) is 1. The van der Waals surface area contributed by atoms with E-state index in [2.05, 4.69) is 5.32 Å². The van der Waals surface area contributed by atoms with Crippen LogP contribution in [-0.4, -0.2) is 11.3 Å². The van der Waals surface area contributed by atoms with Crippen molar-refractivity contribution >= 4 is 11.8 Å². The molecule has 106 valence electrons. The topological polar surface area (TPSA) is 12.0 Å². The molecule has 0 amide bonds. The molecular formula is C15H21F2NS. The van der Waals surface area contributed by atoms with Crippen molar-refractivity contribution < 1.29 is 8.78 Å². The van der Waals surface area contributed by atoms with Crippen LogP contribution in [0.15, 0.2) is 17.0 Å². The van der Waals surface area contributed by atoms with Crippen molar-refractivity contribution in [2.45, 2.75) is 62.3 Å². The van der Waals surface area contributed by atoms with Crippen molar-refractivity contribution in [3.63, 3.8) is 0 Å². The maximum absolute atomic E-state index is 14.0. The van der Waals surface area contributed by atoms with Crippen LogP contribution >= 0.6 is 11.8 Å². The van der Waals surface area contributed by atoms with Gasteiger partial charge in [-0.3, -0.25) is 0 Å². The molecule has 0 heterocycles. The van der Waals surface area contributed by atoms with E-state index in [-0.39, 0.29) is 4.90 Å². The molecule has 0 unspecified atom stereocenters. The van der Waals surface area contributed by atoms with Gasteiger partial charge in [0.15, 0.2) is 0 Å². The monoisotopic (exact) mass is 285 g/mol. The molecular weight excluding hydrogens is 264 g/mol. The highest BCUT2D eigenvalue weighted by atomic mass is 32.2. The van der Waals surface area contributed by atoms with Gasteiger partial charge in [0.05, 0.1) is 4.90 Å². The summed E-state index contributed by atoms with van der Waals surface area (Å²) in [6.07, 6.45) is 4.50. The Morgan fingerprint density at radius 3 is 2.32 bits per heavy atom. The van der Waals surface area contributed by atoms with E-state index in [1.54, 1.807) is 0 Å². The van der Waals surface area contributed by atoms with Crippen molar-refractivity contribution in [1.82, 2.24) is 5.32 Å². The van der Waals surface area contributed by atoms with Gasteiger partial charge in [-0.15, -0.1) is 11.8 Å². The highest BCUT2D eigenvalue weighted by Gasteiger charge is 2.20. The Morgan fingerprint density at radius 2 is 1.79 bits per heavy atom. The van der Waals surface area contributed by atoms with E-state index < -0.39 is 11.6 Å². The third-order valence-corrected chi connectivity index (χ3v) is 4.79. The zero-order valence-corrected chi connectivity index (χ0v) is 12.3. The molecule has 0 radical (unpaired) electrons. The number of halogens is 2. The van der Waals surface area contributed by atoms with Crippen LogP contribution in [0.3, 0.4) is 0 Å². The summed E-state index contributed by atoms with van der Waals surface area (Å²) in [5.74, 6) is -0.838. The summed E-state index contributed by atoms with van der Waals surface area (Å²) in [6.45, 7) is 4.52. The highest BCUT2D eigenvalue weighted by molar-refractivity contribution is 8.00. The average molecular weight is 285 g/mol. The SMILES string of the molecule is CC(C)NCc1cc(F)c(SC2CCCC2)c(F)c1. The first-order valence-electron chi connectivity index (χ1n) is 6.94. The maximum Gasteiger partial charge on any atom is 0.140 e. The van der Waals surface area contributed by atoms with E-state index in [0.29, 0.717) is 23.4 Å². The lowest BCUT2D eigenvalue weighted by molar-refractivity contribution is 0.528. The first kappa shape index (κ1) is 14.8. The van der Waals surface area contributed by atoms with Crippen LogP contribution in [0, 0.1) is 11.6 Å². The molecule has 4 heteroatoms. The molecule has 19 heavy (non-hydrogen) atoms. The number of hydrogen-bond donors (Lipinski definition) is 1. The Balaban J connectivity index is 2.07. The summed E-state index contributed by atoms with van der Waals surface area (Å²) < 4.78 is 28.0. The predicted octanol–water partition coefficient (Wildman–Crippen LogP) is 4.50. The smallest absolute Gasteiger partial charge is 0.140 e. The molecule has 0 atom stereocenters. The number of rotatable bonds is 5. The van der Waals surface area contributed by atoms with E-state index in [1.165, 1.54) is 36.7 Å². The average Bonchev–Trinajstić information content (AvgIpc) is 2.84. The largest absolute Gasteiger partial charge is 0.310 e. The molecule has 1 saturated carbocycles. The summed E-state index contributed by atoms with van der Waals surface area (Å²) in [4.78, 5) is 0.195. The Labute approximate surface area is 118 Å². The van der Waals surface area contributed by atoms with Gasteiger partial charge in [0, 0.05) is 17.8 Å².